The summed E-state index contributed by atoms with van der Waals surface area (Å²) in [6.07, 6.45) is 2.72. The number of carbonyl (C=O) groups excluding carboxylic acids is 1. The molecule has 0 spiro atoms. The zero-order chi connectivity index (χ0) is 12.1. The average molecular weight is 234 g/mol. The van der Waals surface area contributed by atoms with Crippen molar-refractivity contribution in [1.29, 1.82) is 0 Å². The first-order chi connectivity index (χ1) is 8.29. The maximum Gasteiger partial charge on any atom is 0.305 e. The van der Waals surface area contributed by atoms with Gasteiger partial charge in [0.25, 0.3) is 0 Å². The van der Waals surface area contributed by atoms with Gasteiger partial charge in [0, 0.05) is 6.42 Å². The number of benzene rings is 1. The van der Waals surface area contributed by atoms with Gasteiger partial charge in [-0.15, -0.1) is 0 Å². The summed E-state index contributed by atoms with van der Waals surface area (Å²) in [4.78, 5) is 11.0. The lowest BCUT2D eigenvalue weighted by Gasteiger charge is -2.05. The van der Waals surface area contributed by atoms with E-state index < -0.39 is 0 Å². The van der Waals surface area contributed by atoms with Crippen molar-refractivity contribution in [2.45, 2.75) is 19.3 Å². The van der Waals surface area contributed by atoms with Crippen LogP contribution in [0.25, 0.3) is 0 Å². The fraction of sp³-hybridized carbons (Fsp3) is 0.500. The smallest absolute Gasteiger partial charge is 0.305 e. The molecule has 3 nitrogen and oxygen atoms in total. The number of hydrogen-bond donors (Lipinski definition) is 0. The van der Waals surface area contributed by atoms with Crippen LogP contribution in [-0.2, 0) is 9.53 Å². The number of carbonyl (C=O) groups is 1. The third-order valence-electron chi connectivity index (χ3n) is 3.23. The van der Waals surface area contributed by atoms with Crippen LogP contribution in [0.3, 0.4) is 0 Å². The van der Waals surface area contributed by atoms with Crippen molar-refractivity contribution in [3.05, 3.63) is 30.3 Å². The summed E-state index contributed by atoms with van der Waals surface area (Å²) >= 11 is 0. The Balaban J connectivity index is 1.60. The normalized spacial score (nSPS) is 21.9. The van der Waals surface area contributed by atoms with Crippen LogP contribution in [0, 0.1) is 11.8 Å². The molecule has 1 aromatic carbocycles. The zero-order valence-corrected chi connectivity index (χ0v) is 10.1. The van der Waals surface area contributed by atoms with Crippen LogP contribution in [0.15, 0.2) is 30.3 Å². The molecule has 0 heterocycles. The summed E-state index contributed by atoms with van der Waals surface area (Å²) in [6, 6.07) is 9.82. The molecule has 3 heteroatoms. The van der Waals surface area contributed by atoms with E-state index in [0.717, 1.165) is 25.2 Å². The minimum absolute atomic E-state index is 0.0959. The van der Waals surface area contributed by atoms with Gasteiger partial charge in [-0.05, 0) is 36.8 Å². The molecule has 17 heavy (non-hydrogen) atoms. The summed E-state index contributed by atoms with van der Waals surface area (Å²) in [5.41, 5.74) is 0. The van der Waals surface area contributed by atoms with Crippen LogP contribution in [0.2, 0.25) is 0 Å². The molecule has 0 amide bonds. The van der Waals surface area contributed by atoms with Gasteiger partial charge in [0.05, 0.1) is 13.7 Å². The second kappa shape index (κ2) is 5.71. The molecule has 1 saturated carbocycles. The maximum atomic E-state index is 11.0. The van der Waals surface area contributed by atoms with Crippen molar-refractivity contribution in [2.24, 2.45) is 11.8 Å². The number of methoxy groups -OCH3 is 1. The van der Waals surface area contributed by atoms with E-state index in [9.17, 15) is 4.79 Å². The summed E-state index contributed by atoms with van der Waals surface area (Å²) in [5.74, 6) is 1.97. The Labute approximate surface area is 102 Å². The number of hydrogen-bond acceptors (Lipinski definition) is 3. The molecule has 0 aromatic heterocycles. The van der Waals surface area contributed by atoms with Crippen molar-refractivity contribution >= 4 is 5.97 Å². The molecule has 0 bridgehead atoms. The molecule has 2 rings (SSSR count). The van der Waals surface area contributed by atoms with Crippen LogP contribution in [0.1, 0.15) is 19.3 Å². The lowest BCUT2D eigenvalue weighted by atomic mass is 10.2. The summed E-state index contributed by atoms with van der Waals surface area (Å²) in [6.45, 7) is 0.729. The first-order valence-corrected chi connectivity index (χ1v) is 6.04. The molecule has 2 unspecified atom stereocenters. The molecule has 92 valence electrons. The Hall–Kier alpha value is -1.51. The zero-order valence-electron chi connectivity index (χ0n) is 10.1. The van der Waals surface area contributed by atoms with E-state index in [1.165, 1.54) is 7.11 Å². The van der Waals surface area contributed by atoms with Crippen LogP contribution >= 0.6 is 0 Å². The molecule has 1 aliphatic rings. The molecule has 0 radical (unpaired) electrons. The molecule has 2 atom stereocenters. The van der Waals surface area contributed by atoms with E-state index in [2.05, 4.69) is 4.74 Å². The van der Waals surface area contributed by atoms with E-state index in [-0.39, 0.29) is 5.97 Å². The Bertz CT molecular complexity index is 361. The largest absolute Gasteiger partial charge is 0.494 e. The van der Waals surface area contributed by atoms with Gasteiger partial charge in [0.2, 0.25) is 0 Å². The van der Waals surface area contributed by atoms with Gasteiger partial charge in [-0.2, -0.15) is 0 Å². The van der Waals surface area contributed by atoms with Gasteiger partial charge < -0.3 is 9.47 Å². The highest BCUT2D eigenvalue weighted by Crippen LogP contribution is 2.43. The third kappa shape index (κ3) is 3.77. The number of rotatable bonds is 6. The molecule has 1 aliphatic carbocycles. The van der Waals surface area contributed by atoms with Crippen LogP contribution in [0.5, 0.6) is 5.75 Å². The number of esters is 1. The monoisotopic (exact) mass is 234 g/mol. The standard InChI is InChI=1S/C14H18O3/c1-16-14(15)10-12-9-11(12)7-8-17-13-5-3-2-4-6-13/h2-6,11-12H,7-10H2,1H3. The highest BCUT2D eigenvalue weighted by atomic mass is 16.5. The second-order valence-electron chi connectivity index (χ2n) is 4.49. The Morgan fingerprint density at radius 3 is 2.76 bits per heavy atom. The third-order valence-corrected chi connectivity index (χ3v) is 3.23. The molecule has 1 aromatic rings. The molecular weight excluding hydrogens is 216 g/mol. The summed E-state index contributed by atoms with van der Waals surface area (Å²) < 4.78 is 10.3. The summed E-state index contributed by atoms with van der Waals surface area (Å²) in [5, 5.41) is 0. The SMILES string of the molecule is COC(=O)CC1CC1CCOc1ccccc1. The van der Waals surface area contributed by atoms with Gasteiger partial charge in [0.1, 0.15) is 5.75 Å². The maximum absolute atomic E-state index is 11.0. The molecule has 0 aliphatic heterocycles. The topological polar surface area (TPSA) is 35.5 Å². The predicted octanol–water partition coefficient (Wildman–Crippen LogP) is 2.65. The number of para-hydroxylation sites is 1. The average Bonchev–Trinajstić information content (AvgIpc) is 3.08. The van der Waals surface area contributed by atoms with Gasteiger partial charge in [-0.3, -0.25) is 4.79 Å². The highest BCUT2D eigenvalue weighted by Gasteiger charge is 2.38. The van der Waals surface area contributed by atoms with Crippen molar-refractivity contribution in [3.8, 4) is 5.75 Å². The first-order valence-electron chi connectivity index (χ1n) is 6.04. The summed E-state index contributed by atoms with van der Waals surface area (Å²) in [7, 11) is 1.44. The molecular formula is C14H18O3. The Morgan fingerprint density at radius 2 is 2.06 bits per heavy atom. The minimum Gasteiger partial charge on any atom is -0.494 e. The predicted molar refractivity (Wildman–Crippen MR) is 64.8 cm³/mol. The van der Waals surface area contributed by atoms with Crippen molar-refractivity contribution in [3.63, 3.8) is 0 Å². The molecule has 0 N–H and O–H groups in total. The quantitative estimate of drug-likeness (QED) is 0.710. The first kappa shape index (κ1) is 12.0. The Morgan fingerprint density at radius 1 is 1.29 bits per heavy atom. The number of ether oxygens (including phenoxy) is 2. The van der Waals surface area contributed by atoms with E-state index in [1.807, 2.05) is 30.3 Å². The lowest BCUT2D eigenvalue weighted by Crippen LogP contribution is -2.03. The van der Waals surface area contributed by atoms with Crippen LogP contribution in [0.4, 0.5) is 0 Å². The van der Waals surface area contributed by atoms with Gasteiger partial charge >= 0.3 is 5.97 Å². The van der Waals surface area contributed by atoms with Crippen LogP contribution in [-0.4, -0.2) is 19.7 Å². The van der Waals surface area contributed by atoms with Crippen molar-refractivity contribution in [2.75, 3.05) is 13.7 Å². The van der Waals surface area contributed by atoms with Gasteiger partial charge in [-0.25, -0.2) is 0 Å². The molecule has 0 saturated heterocycles. The van der Waals surface area contributed by atoms with E-state index >= 15 is 0 Å². The van der Waals surface area contributed by atoms with E-state index in [0.29, 0.717) is 18.3 Å². The Kier molecular flexibility index (Phi) is 4.02. The fourth-order valence-electron chi connectivity index (χ4n) is 2.06. The lowest BCUT2D eigenvalue weighted by molar-refractivity contribution is -0.141. The second-order valence-corrected chi connectivity index (χ2v) is 4.49. The van der Waals surface area contributed by atoms with Crippen LogP contribution < -0.4 is 4.74 Å². The fourth-order valence-corrected chi connectivity index (χ4v) is 2.06. The van der Waals surface area contributed by atoms with Gasteiger partial charge in [0.15, 0.2) is 0 Å². The molecule has 1 fully saturated rings. The minimum atomic E-state index is -0.0959. The van der Waals surface area contributed by atoms with Crippen molar-refractivity contribution < 1.29 is 14.3 Å². The van der Waals surface area contributed by atoms with Gasteiger partial charge in [-0.1, -0.05) is 18.2 Å². The van der Waals surface area contributed by atoms with E-state index in [4.69, 9.17) is 4.74 Å². The van der Waals surface area contributed by atoms with Crippen molar-refractivity contribution in [1.82, 2.24) is 0 Å². The highest BCUT2D eigenvalue weighted by molar-refractivity contribution is 5.69. The van der Waals surface area contributed by atoms with E-state index in [1.54, 1.807) is 0 Å².